The third-order valence-corrected chi connectivity index (χ3v) is 4.07. The number of nitrogens with one attached hydrogen (secondary N) is 2. The van der Waals surface area contributed by atoms with Gasteiger partial charge in [-0.15, -0.1) is 0 Å². The van der Waals surface area contributed by atoms with Gasteiger partial charge in [0.25, 0.3) is 5.91 Å². The Morgan fingerprint density at radius 3 is 2.21 bits per heavy atom. The van der Waals surface area contributed by atoms with E-state index in [-0.39, 0.29) is 12.3 Å². The van der Waals surface area contributed by atoms with Gasteiger partial charge in [-0.3, -0.25) is 9.59 Å². The first-order valence-electron chi connectivity index (χ1n) is 8.53. The van der Waals surface area contributed by atoms with Crippen LogP contribution >= 0.6 is 0 Å². The van der Waals surface area contributed by atoms with Crippen molar-refractivity contribution in [1.82, 2.24) is 5.32 Å². The topological polar surface area (TPSA) is 58.2 Å². The Hall–Kier alpha value is -3.35. The standard InChI is InChI=1S/C21H17F3N2O2/c22-21(23,24)13-25-19(27)11-14-5-9-18(10-6-14)26-20(28)17-8-7-15-3-1-2-4-16(15)12-17/h1-10,12H,11,13H2,(H,25,27)(H,26,28). The van der Waals surface area contributed by atoms with Crippen LogP contribution < -0.4 is 10.6 Å². The molecule has 0 heterocycles. The molecule has 28 heavy (non-hydrogen) atoms. The minimum atomic E-state index is -4.44. The summed E-state index contributed by atoms with van der Waals surface area (Å²) >= 11 is 0. The molecule has 144 valence electrons. The number of hydrogen-bond acceptors (Lipinski definition) is 2. The molecule has 2 amide bonds. The first-order valence-corrected chi connectivity index (χ1v) is 8.53. The molecular formula is C21H17F3N2O2. The molecular weight excluding hydrogens is 369 g/mol. The van der Waals surface area contributed by atoms with Gasteiger partial charge >= 0.3 is 6.18 Å². The number of hydrogen-bond donors (Lipinski definition) is 2. The molecule has 0 aliphatic heterocycles. The fourth-order valence-corrected chi connectivity index (χ4v) is 2.69. The smallest absolute Gasteiger partial charge is 0.347 e. The molecule has 0 aliphatic rings. The third-order valence-electron chi connectivity index (χ3n) is 4.07. The van der Waals surface area contributed by atoms with Gasteiger partial charge in [0.05, 0.1) is 6.42 Å². The highest BCUT2D eigenvalue weighted by Crippen LogP contribution is 2.18. The Morgan fingerprint density at radius 1 is 0.857 bits per heavy atom. The molecule has 3 rings (SSSR count). The van der Waals surface area contributed by atoms with E-state index in [4.69, 9.17) is 0 Å². The largest absolute Gasteiger partial charge is 0.405 e. The second-order valence-electron chi connectivity index (χ2n) is 6.28. The first-order chi connectivity index (χ1) is 13.3. The Labute approximate surface area is 159 Å². The predicted octanol–water partition coefficient (Wildman–Crippen LogP) is 4.31. The molecule has 0 saturated carbocycles. The van der Waals surface area contributed by atoms with Crippen LogP contribution in [0, 0.1) is 0 Å². The van der Waals surface area contributed by atoms with Crippen LogP contribution in [-0.4, -0.2) is 24.5 Å². The highest BCUT2D eigenvalue weighted by atomic mass is 19.4. The normalized spacial score (nSPS) is 11.2. The molecule has 0 aliphatic carbocycles. The molecule has 4 nitrogen and oxygen atoms in total. The number of benzene rings is 3. The zero-order valence-corrected chi connectivity index (χ0v) is 14.7. The molecule has 3 aromatic carbocycles. The molecule has 7 heteroatoms. The maximum atomic E-state index is 12.4. The van der Waals surface area contributed by atoms with Crippen LogP contribution in [0.1, 0.15) is 15.9 Å². The summed E-state index contributed by atoms with van der Waals surface area (Å²) in [6.07, 6.45) is -4.61. The van der Waals surface area contributed by atoms with Gasteiger partial charge in [0, 0.05) is 11.3 Å². The number of amides is 2. The van der Waals surface area contributed by atoms with Crippen LogP contribution in [0.25, 0.3) is 10.8 Å². The van der Waals surface area contributed by atoms with E-state index in [0.29, 0.717) is 16.8 Å². The van der Waals surface area contributed by atoms with Gasteiger partial charge in [0.15, 0.2) is 0 Å². The first kappa shape index (κ1) is 19.4. The monoisotopic (exact) mass is 386 g/mol. The van der Waals surface area contributed by atoms with Crippen molar-refractivity contribution in [3.8, 4) is 0 Å². The zero-order chi connectivity index (χ0) is 20.1. The second-order valence-corrected chi connectivity index (χ2v) is 6.28. The summed E-state index contributed by atoms with van der Waals surface area (Å²) in [5.41, 5.74) is 1.58. The average Bonchev–Trinajstić information content (AvgIpc) is 2.67. The molecule has 0 aromatic heterocycles. The number of halogens is 3. The van der Waals surface area contributed by atoms with E-state index >= 15 is 0 Å². The quantitative estimate of drug-likeness (QED) is 0.686. The molecule has 0 fully saturated rings. The van der Waals surface area contributed by atoms with E-state index in [2.05, 4.69) is 5.32 Å². The van der Waals surface area contributed by atoms with Crippen molar-refractivity contribution in [1.29, 1.82) is 0 Å². The van der Waals surface area contributed by atoms with Gasteiger partial charge in [-0.2, -0.15) is 13.2 Å². The zero-order valence-electron chi connectivity index (χ0n) is 14.7. The van der Waals surface area contributed by atoms with Crippen molar-refractivity contribution in [2.75, 3.05) is 11.9 Å². The number of rotatable bonds is 5. The van der Waals surface area contributed by atoms with Crippen LogP contribution in [0.5, 0.6) is 0 Å². The highest BCUT2D eigenvalue weighted by molar-refractivity contribution is 6.06. The Morgan fingerprint density at radius 2 is 1.54 bits per heavy atom. The summed E-state index contributed by atoms with van der Waals surface area (Å²) in [6, 6.07) is 19.5. The molecule has 0 bridgehead atoms. The van der Waals surface area contributed by atoms with E-state index in [1.807, 2.05) is 35.6 Å². The summed E-state index contributed by atoms with van der Waals surface area (Å²) in [5.74, 6) is -0.994. The SMILES string of the molecule is O=C(Cc1ccc(NC(=O)c2ccc3ccccc3c2)cc1)NCC(F)(F)F. The highest BCUT2D eigenvalue weighted by Gasteiger charge is 2.27. The van der Waals surface area contributed by atoms with E-state index in [1.54, 1.807) is 36.4 Å². The van der Waals surface area contributed by atoms with Crippen LogP contribution in [0.2, 0.25) is 0 Å². The van der Waals surface area contributed by atoms with Gasteiger partial charge in [-0.1, -0.05) is 42.5 Å². The fourth-order valence-electron chi connectivity index (χ4n) is 2.69. The maximum absolute atomic E-state index is 12.4. The van der Waals surface area contributed by atoms with Gasteiger partial charge < -0.3 is 10.6 Å². The molecule has 0 spiro atoms. The van der Waals surface area contributed by atoms with E-state index in [1.165, 1.54) is 0 Å². The van der Waals surface area contributed by atoms with Crippen molar-refractivity contribution in [2.24, 2.45) is 0 Å². The van der Waals surface area contributed by atoms with Crippen molar-refractivity contribution in [3.63, 3.8) is 0 Å². The van der Waals surface area contributed by atoms with Crippen molar-refractivity contribution >= 4 is 28.3 Å². The average molecular weight is 386 g/mol. The molecule has 0 radical (unpaired) electrons. The number of carbonyl (C=O) groups excluding carboxylic acids is 2. The maximum Gasteiger partial charge on any atom is 0.405 e. The number of carbonyl (C=O) groups is 2. The Kier molecular flexibility index (Phi) is 5.63. The summed E-state index contributed by atoms with van der Waals surface area (Å²) in [5, 5.41) is 6.57. The lowest BCUT2D eigenvalue weighted by molar-refractivity contribution is -0.138. The lowest BCUT2D eigenvalue weighted by Crippen LogP contribution is -2.34. The van der Waals surface area contributed by atoms with Gasteiger partial charge in [-0.05, 0) is 40.6 Å². The van der Waals surface area contributed by atoms with Gasteiger partial charge in [0.2, 0.25) is 5.91 Å². The molecule has 0 saturated heterocycles. The third kappa shape index (κ3) is 5.33. The van der Waals surface area contributed by atoms with Crippen molar-refractivity contribution in [2.45, 2.75) is 12.6 Å². The minimum absolute atomic E-state index is 0.172. The predicted molar refractivity (Wildman–Crippen MR) is 101 cm³/mol. The summed E-state index contributed by atoms with van der Waals surface area (Å²) in [6.45, 7) is -1.36. The fraction of sp³-hybridized carbons (Fsp3) is 0.143. The summed E-state index contributed by atoms with van der Waals surface area (Å²) < 4.78 is 36.3. The van der Waals surface area contributed by atoms with Crippen molar-refractivity contribution in [3.05, 3.63) is 77.9 Å². The lowest BCUT2D eigenvalue weighted by Gasteiger charge is -2.09. The molecule has 3 aromatic rings. The van der Waals surface area contributed by atoms with Crippen LogP contribution in [0.3, 0.4) is 0 Å². The van der Waals surface area contributed by atoms with E-state index in [0.717, 1.165) is 10.8 Å². The molecule has 2 N–H and O–H groups in total. The van der Waals surface area contributed by atoms with Gasteiger partial charge in [-0.25, -0.2) is 0 Å². The van der Waals surface area contributed by atoms with Gasteiger partial charge in [0.1, 0.15) is 6.54 Å². The Bertz CT molecular complexity index is 998. The Balaban J connectivity index is 1.60. The summed E-state index contributed by atoms with van der Waals surface area (Å²) in [7, 11) is 0. The summed E-state index contributed by atoms with van der Waals surface area (Å²) in [4.78, 5) is 24.0. The van der Waals surface area contributed by atoms with Crippen LogP contribution in [0.4, 0.5) is 18.9 Å². The minimum Gasteiger partial charge on any atom is -0.347 e. The number of alkyl halides is 3. The van der Waals surface area contributed by atoms with Crippen LogP contribution in [0.15, 0.2) is 66.7 Å². The van der Waals surface area contributed by atoms with E-state index in [9.17, 15) is 22.8 Å². The number of fused-ring (bicyclic) bond motifs is 1. The number of anilines is 1. The van der Waals surface area contributed by atoms with Crippen molar-refractivity contribution < 1.29 is 22.8 Å². The second kappa shape index (κ2) is 8.12. The molecule has 0 atom stereocenters. The molecule has 0 unspecified atom stereocenters. The van der Waals surface area contributed by atoms with E-state index < -0.39 is 18.6 Å². The van der Waals surface area contributed by atoms with Crippen LogP contribution in [-0.2, 0) is 11.2 Å². The lowest BCUT2D eigenvalue weighted by atomic mass is 10.1.